The summed E-state index contributed by atoms with van der Waals surface area (Å²) in [7, 11) is 0. The lowest BCUT2D eigenvalue weighted by Gasteiger charge is -2.11. The van der Waals surface area contributed by atoms with Gasteiger partial charge in [0.15, 0.2) is 0 Å². The second kappa shape index (κ2) is 5.67. The molecule has 0 bridgehead atoms. The van der Waals surface area contributed by atoms with Gasteiger partial charge in [0.2, 0.25) is 0 Å². The molecule has 5 nitrogen and oxygen atoms in total. The topological polar surface area (TPSA) is 84.1 Å². The molecule has 0 aromatic carbocycles. The number of nitrogens with one attached hydrogen (secondary N) is 1. The lowest BCUT2D eigenvalue weighted by atomic mass is 10.1. The first kappa shape index (κ1) is 13.8. The van der Waals surface area contributed by atoms with Crippen molar-refractivity contribution in [2.45, 2.75) is 32.3 Å². The van der Waals surface area contributed by atoms with E-state index >= 15 is 0 Å². The zero-order valence-corrected chi connectivity index (χ0v) is 12.9. The van der Waals surface area contributed by atoms with E-state index in [0.29, 0.717) is 11.7 Å². The molecule has 0 aliphatic heterocycles. The fourth-order valence-corrected chi connectivity index (χ4v) is 3.95. The van der Waals surface area contributed by atoms with Crippen molar-refractivity contribution in [2.75, 3.05) is 17.6 Å². The Morgan fingerprint density at radius 1 is 1.50 bits per heavy atom. The Morgan fingerprint density at radius 2 is 2.35 bits per heavy atom. The monoisotopic (exact) mass is 310 g/mol. The molecule has 0 amide bonds. The van der Waals surface area contributed by atoms with Gasteiger partial charge in [0.05, 0.1) is 22.4 Å². The molecule has 2 unspecified atom stereocenters. The summed E-state index contributed by atoms with van der Waals surface area (Å²) in [6.45, 7) is 2.84. The van der Waals surface area contributed by atoms with Crippen LogP contribution in [-0.4, -0.2) is 27.1 Å². The highest BCUT2D eigenvalue weighted by molar-refractivity contribution is 7.11. The minimum Gasteiger partial charge on any atom is -0.393 e. The largest absolute Gasteiger partial charge is 0.393 e. The van der Waals surface area contributed by atoms with E-state index in [2.05, 4.69) is 14.7 Å². The predicted molar refractivity (Wildman–Crippen MR) is 84.2 cm³/mol. The summed E-state index contributed by atoms with van der Waals surface area (Å²) in [5.74, 6) is 1.06. The molecule has 1 fully saturated rings. The van der Waals surface area contributed by atoms with E-state index in [1.807, 2.05) is 12.3 Å². The second-order valence-corrected chi connectivity index (χ2v) is 7.07. The molecule has 1 aliphatic rings. The molecule has 4 N–H and O–H groups in total. The number of rotatable bonds is 4. The summed E-state index contributed by atoms with van der Waals surface area (Å²) < 4.78 is 4.23. The number of nitrogens with two attached hydrogens (primary N) is 1. The average Bonchev–Trinajstić information content (AvgIpc) is 3.09. The average molecular weight is 310 g/mol. The maximum absolute atomic E-state index is 9.57. The van der Waals surface area contributed by atoms with Gasteiger partial charge in [0.25, 0.3) is 0 Å². The van der Waals surface area contributed by atoms with E-state index in [1.54, 1.807) is 11.3 Å². The molecule has 2 atom stereocenters. The van der Waals surface area contributed by atoms with Gasteiger partial charge in [-0.05, 0) is 43.6 Å². The summed E-state index contributed by atoms with van der Waals surface area (Å²) in [4.78, 5) is 4.49. The van der Waals surface area contributed by atoms with Crippen molar-refractivity contribution in [3.05, 3.63) is 10.4 Å². The number of anilines is 2. The van der Waals surface area contributed by atoms with E-state index in [0.717, 1.165) is 47.1 Å². The van der Waals surface area contributed by atoms with Gasteiger partial charge in [0, 0.05) is 11.9 Å². The number of aryl methyl sites for hydroxylation is 1. The van der Waals surface area contributed by atoms with Gasteiger partial charge < -0.3 is 16.2 Å². The number of thiazole rings is 1. The van der Waals surface area contributed by atoms with E-state index in [1.165, 1.54) is 11.5 Å². The molecule has 2 aromatic heterocycles. The zero-order valence-electron chi connectivity index (χ0n) is 11.3. The van der Waals surface area contributed by atoms with Crippen LogP contribution in [0.1, 0.15) is 24.3 Å². The third-order valence-corrected chi connectivity index (χ3v) is 5.25. The van der Waals surface area contributed by atoms with Crippen LogP contribution in [0.4, 0.5) is 10.8 Å². The number of aliphatic hydroxyl groups is 1. The molecule has 1 aliphatic carbocycles. The van der Waals surface area contributed by atoms with Crippen LogP contribution in [0.3, 0.4) is 0 Å². The first-order valence-electron chi connectivity index (χ1n) is 6.73. The number of nitrogen functional groups attached to an aromatic ring is 1. The van der Waals surface area contributed by atoms with Crippen LogP contribution in [0.5, 0.6) is 0 Å². The van der Waals surface area contributed by atoms with Crippen LogP contribution < -0.4 is 11.1 Å². The van der Waals surface area contributed by atoms with Crippen molar-refractivity contribution >= 4 is 33.7 Å². The second-order valence-electron chi connectivity index (χ2n) is 5.24. The van der Waals surface area contributed by atoms with E-state index in [4.69, 9.17) is 5.73 Å². The number of aromatic nitrogens is 2. The summed E-state index contributed by atoms with van der Waals surface area (Å²) in [5, 5.41) is 17.0. The van der Waals surface area contributed by atoms with Crippen molar-refractivity contribution in [1.29, 1.82) is 0 Å². The van der Waals surface area contributed by atoms with Crippen LogP contribution in [0, 0.1) is 12.8 Å². The third kappa shape index (κ3) is 2.79. The molecular formula is C13H18N4OS2. The van der Waals surface area contributed by atoms with Gasteiger partial charge in [0.1, 0.15) is 10.8 Å². The Morgan fingerprint density at radius 3 is 3.00 bits per heavy atom. The quantitative estimate of drug-likeness (QED) is 0.808. The lowest BCUT2D eigenvalue weighted by molar-refractivity contribution is 0.178. The Hall–Kier alpha value is -1.18. The highest BCUT2D eigenvalue weighted by Gasteiger charge is 2.23. The first-order valence-corrected chi connectivity index (χ1v) is 8.38. The minimum atomic E-state index is -0.131. The standard InChI is InChI=1S/C13H18N4OS2/c1-7-16-10(6-19-7)11-12(14)17-20-13(11)15-5-8-2-3-9(18)4-8/h6,8-9,15,18H,2-5H2,1H3,(H2,14,17). The van der Waals surface area contributed by atoms with E-state index < -0.39 is 0 Å². The van der Waals surface area contributed by atoms with Crippen molar-refractivity contribution in [3.8, 4) is 11.3 Å². The van der Waals surface area contributed by atoms with Crippen molar-refractivity contribution < 1.29 is 5.11 Å². The van der Waals surface area contributed by atoms with Gasteiger partial charge >= 0.3 is 0 Å². The fraction of sp³-hybridized carbons (Fsp3) is 0.538. The first-order chi connectivity index (χ1) is 9.63. The summed E-state index contributed by atoms with van der Waals surface area (Å²) in [6, 6.07) is 0. The Labute approximate surface area is 126 Å². The molecule has 0 saturated heterocycles. The van der Waals surface area contributed by atoms with Crippen LogP contribution in [0.25, 0.3) is 11.3 Å². The predicted octanol–water partition coefficient (Wildman–Crippen LogP) is 2.73. The van der Waals surface area contributed by atoms with Crippen LogP contribution >= 0.6 is 22.9 Å². The van der Waals surface area contributed by atoms with Gasteiger partial charge in [-0.3, -0.25) is 0 Å². The van der Waals surface area contributed by atoms with E-state index in [9.17, 15) is 5.11 Å². The maximum Gasteiger partial charge on any atom is 0.148 e. The summed E-state index contributed by atoms with van der Waals surface area (Å²) >= 11 is 2.99. The number of hydrogen-bond donors (Lipinski definition) is 3. The van der Waals surface area contributed by atoms with Crippen LogP contribution in [0.2, 0.25) is 0 Å². The smallest absolute Gasteiger partial charge is 0.148 e. The molecule has 2 aromatic rings. The molecule has 20 heavy (non-hydrogen) atoms. The SMILES string of the molecule is Cc1nc(-c2c(N)nsc2NCC2CCC(O)C2)cs1. The van der Waals surface area contributed by atoms with Gasteiger partial charge in [-0.15, -0.1) is 11.3 Å². The number of nitrogens with zero attached hydrogens (tertiary/aromatic N) is 2. The van der Waals surface area contributed by atoms with Gasteiger partial charge in [-0.1, -0.05) is 0 Å². The molecule has 7 heteroatoms. The molecular weight excluding hydrogens is 292 g/mol. The molecule has 0 spiro atoms. The van der Waals surface area contributed by atoms with Crippen LogP contribution in [0.15, 0.2) is 5.38 Å². The zero-order chi connectivity index (χ0) is 14.1. The Balaban J connectivity index is 1.74. The number of hydrogen-bond acceptors (Lipinski definition) is 7. The highest BCUT2D eigenvalue weighted by atomic mass is 32.1. The van der Waals surface area contributed by atoms with Gasteiger partial charge in [-0.25, -0.2) is 4.98 Å². The summed E-state index contributed by atoms with van der Waals surface area (Å²) in [5.41, 5.74) is 7.78. The Bertz CT molecular complexity index is 595. The Kier molecular flexibility index (Phi) is 3.91. The summed E-state index contributed by atoms with van der Waals surface area (Å²) in [6.07, 6.45) is 2.74. The van der Waals surface area contributed by atoms with Crippen molar-refractivity contribution in [3.63, 3.8) is 0 Å². The van der Waals surface area contributed by atoms with Gasteiger partial charge in [-0.2, -0.15) is 4.37 Å². The molecule has 1 saturated carbocycles. The third-order valence-electron chi connectivity index (χ3n) is 3.66. The molecule has 3 rings (SSSR count). The fourth-order valence-electron chi connectivity index (χ4n) is 2.62. The minimum absolute atomic E-state index is 0.131. The molecule has 0 radical (unpaired) electrons. The van der Waals surface area contributed by atoms with E-state index in [-0.39, 0.29) is 6.10 Å². The highest BCUT2D eigenvalue weighted by Crippen LogP contribution is 2.37. The van der Waals surface area contributed by atoms with Crippen molar-refractivity contribution in [1.82, 2.24) is 9.36 Å². The maximum atomic E-state index is 9.57. The lowest BCUT2D eigenvalue weighted by Crippen LogP contribution is -2.12. The van der Waals surface area contributed by atoms with Crippen molar-refractivity contribution in [2.24, 2.45) is 5.92 Å². The molecule has 108 valence electrons. The normalized spacial score (nSPS) is 22.3. The molecule has 2 heterocycles. The van der Waals surface area contributed by atoms with Crippen LogP contribution in [-0.2, 0) is 0 Å². The number of aliphatic hydroxyl groups excluding tert-OH is 1.